The molecule has 1 atom stereocenters. The van der Waals surface area contributed by atoms with Gasteiger partial charge >= 0.3 is 0 Å². The highest BCUT2D eigenvalue weighted by molar-refractivity contribution is 5.33. The van der Waals surface area contributed by atoms with Crippen molar-refractivity contribution in [2.75, 3.05) is 0 Å². The van der Waals surface area contributed by atoms with Gasteiger partial charge in [0.05, 0.1) is 0 Å². The van der Waals surface area contributed by atoms with Crippen LogP contribution in [0.4, 0.5) is 0 Å². The lowest BCUT2D eigenvalue weighted by molar-refractivity contribution is 0.282. The number of hydrogen-bond donors (Lipinski definition) is 1. The van der Waals surface area contributed by atoms with Gasteiger partial charge in [0.2, 0.25) is 0 Å². The van der Waals surface area contributed by atoms with E-state index in [9.17, 15) is 0 Å². The number of hydrogen-bond acceptors (Lipinski definition) is 1. The van der Waals surface area contributed by atoms with Crippen molar-refractivity contribution in [1.82, 2.24) is 5.32 Å². The zero-order chi connectivity index (χ0) is 12.5. The van der Waals surface area contributed by atoms with Crippen LogP contribution in [0, 0.1) is 19.3 Å². The molecule has 0 aliphatic heterocycles. The average molecular weight is 231 g/mol. The molecule has 1 aromatic rings. The average Bonchev–Trinajstić information content (AvgIpc) is 2.57. The molecule has 1 fully saturated rings. The second-order valence-electron chi connectivity index (χ2n) is 6.18. The lowest BCUT2D eigenvalue weighted by Gasteiger charge is -2.28. The van der Waals surface area contributed by atoms with Crippen molar-refractivity contribution in [2.24, 2.45) is 5.41 Å². The van der Waals surface area contributed by atoms with Gasteiger partial charge in [-0.25, -0.2) is 0 Å². The van der Waals surface area contributed by atoms with Gasteiger partial charge in [0, 0.05) is 12.6 Å². The molecular formula is C16H25N. The van der Waals surface area contributed by atoms with E-state index in [0.717, 1.165) is 6.54 Å². The minimum absolute atomic E-state index is 0.469. The van der Waals surface area contributed by atoms with E-state index in [4.69, 9.17) is 0 Å². The Hall–Kier alpha value is -0.820. The van der Waals surface area contributed by atoms with Crippen LogP contribution in [0.5, 0.6) is 0 Å². The summed E-state index contributed by atoms with van der Waals surface area (Å²) in [5.74, 6) is 0. The van der Waals surface area contributed by atoms with Gasteiger partial charge in [-0.2, -0.15) is 0 Å². The van der Waals surface area contributed by atoms with Crippen LogP contribution in [0.15, 0.2) is 18.2 Å². The first-order valence-corrected chi connectivity index (χ1v) is 6.79. The van der Waals surface area contributed by atoms with Gasteiger partial charge in [-0.3, -0.25) is 0 Å². The van der Waals surface area contributed by atoms with Crippen molar-refractivity contribution in [3.63, 3.8) is 0 Å². The SMILES string of the molecule is Cc1cccc(C)c1CNC1CCCC1(C)C. The van der Waals surface area contributed by atoms with Crippen LogP contribution in [-0.2, 0) is 6.54 Å². The molecule has 0 bridgehead atoms. The predicted octanol–water partition coefficient (Wildman–Crippen LogP) is 3.97. The molecule has 0 aromatic heterocycles. The van der Waals surface area contributed by atoms with Crippen molar-refractivity contribution in [3.05, 3.63) is 34.9 Å². The van der Waals surface area contributed by atoms with E-state index < -0.39 is 0 Å². The number of rotatable bonds is 3. The summed E-state index contributed by atoms with van der Waals surface area (Å²) in [4.78, 5) is 0. The first-order valence-electron chi connectivity index (χ1n) is 6.79. The maximum Gasteiger partial charge on any atom is 0.0213 e. The highest BCUT2D eigenvalue weighted by Crippen LogP contribution is 2.37. The summed E-state index contributed by atoms with van der Waals surface area (Å²) in [6.07, 6.45) is 4.06. The van der Waals surface area contributed by atoms with Crippen LogP contribution >= 0.6 is 0 Å². The summed E-state index contributed by atoms with van der Waals surface area (Å²) in [7, 11) is 0. The molecule has 1 saturated carbocycles. The van der Waals surface area contributed by atoms with E-state index in [1.54, 1.807) is 0 Å². The number of aryl methyl sites for hydroxylation is 2. The topological polar surface area (TPSA) is 12.0 Å². The van der Waals surface area contributed by atoms with Gasteiger partial charge in [-0.05, 0) is 48.8 Å². The fraction of sp³-hybridized carbons (Fsp3) is 0.625. The first-order chi connectivity index (χ1) is 8.00. The Kier molecular flexibility index (Phi) is 3.58. The molecule has 17 heavy (non-hydrogen) atoms. The highest BCUT2D eigenvalue weighted by Gasteiger charge is 2.33. The Morgan fingerprint density at radius 1 is 1.24 bits per heavy atom. The Bertz CT molecular complexity index is 372. The van der Waals surface area contributed by atoms with Crippen LogP contribution in [0.25, 0.3) is 0 Å². The summed E-state index contributed by atoms with van der Waals surface area (Å²) >= 11 is 0. The third-order valence-electron chi connectivity index (χ3n) is 4.43. The zero-order valence-electron chi connectivity index (χ0n) is 11.6. The van der Waals surface area contributed by atoms with Crippen molar-refractivity contribution >= 4 is 0 Å². The van der Waals surface area contributed by atoms with Gasteiger partial charge in [0.1, 0.15) is 0 Å². The quantitative estimate of drug-likeness (QED) is 0.830. The molecule has 94 valence electrons. The molecule has 1 unspecified atom stereocenters. The molecule has 2 rings (SSSR count). The normalized spacial score (nSPS) is 22.9. The Morgan fingerprint density at radius 2 is 1.88 bits per heavy atom. The van der Waals surface area contributed by atoms with Crippen molar-refractivity contribution in [1.29, 1.82) is 0 Å². The Morgan fingerprint density at radius 3 is 2.41 bits per heavy atom. The Labute approximate surface area is 106 Å². The van der Waals surface area contributed by atoms with Gasteiger partial charge in [0.25, 0.3) is 0 Å². The minimum atomic E-state index is 0.469. The molecule has 1 heteroatoms. The number of nitrogens with one attached hydrogen (secondary N) is 1. The minimum Gasteiger partial charge on any atom is -0.309 e. The van der Waals surface area contributed by atoms with Crippen molar-refractivity contribution in [2.45, 2.75) is 59.5 Å². The van der Waals surface area contributed by atoms with Gasteiger partial charge in [-0.15, -0.1) is 0 Å². The third kappa shape index (κ3) is 2.71. The molecular weight excluding hydrogens is 206 g/mol. The lowest BCUT2D eigenvalue weighted by atomic mass is 9.87. The molecule has 1 aliphatic rings. The van der Waals surface area contributed by atoms with E-state index in [-0.39, 0.29) is 0 Å². The lowest BCUT2D eigenvalue weighted by Crippen LogP contribution is -2.37. The fourth-order valence-corrected chi connectivity index (χ4v) is 3.06. The fourth-order valence-electron chi connectivity index (χ4n) is 3.06. The molecule has 0 saturated heterocycles. The maximum atomic E-state index is 3.77. The van der Waals surface area contributed by atoms with E-state index in [1.165, 1.54) is 36.0 Å². The number of benzene rings is 1. The molecule has 0 heterocycles. The summed E-state index contributed by atoms with van der Waals surface area (Å²) in [5.41, 5.74) is 4.77. The summed E-state index contributed by atoms with van der Waals surface area (Å²) in [5, 5.41) is 3.77. The largest absolute Gasteiger partial charge is 0.309 e. The summed E-state index contributed by atoms with van der Waals surface area (Å²) < 4.78 is 0. The molecule has 1 N–H and O–H groups in total. The third-order valence-corrected chi connectivity index (χ3v) is 4.43. The molecule has 0 amide bonds. The Balaban J connectivity index is 2.03. The zero-order valence-corrected chi connectivity index (χ0v) is 11.6. The van der Waals surface area contributed by atoms with E-state index in [0.29, 0.717) is 11.5 Å². The predicted molar refractivity (Wildman–Crippen MR) is 74.2 cm³/mol. The smallest absolute Gasteiger partial charge is 0.0213 e. The summed E-state index contributed by atoms with van der Waals surface area (Å²) in [6.45, 7) is 10.2. The van der Waals surface area contributed by atoms with E-state index >= 15 is 0 Å². The molecule has 1 aromatic carbocycles. The molecule has 0 spiro atoms. The molecule has 1 nitrogen and oxygen atoms in total. The van der Waals surface area contributed by atoms with Gasteiger partial charge in [0.15, 0.2) is 0 Å². The molecule has 0 radical (unpaired) electrons. The monoisotopic (exact) mass is 231 g/mol. The van der Waals surface area contributed by atoms with Crippen LogP contribution < -0.4 is 5.32 Å². The van der Waals surface area contributed by atoms with E-state index in [1.807, 2.05) is 0 Å². The molecule has 1 aliphatic carbocycles. The standard InChI is InChI=1S/C16H25N/c1-12-7-5-8-13(2)14(12)11-17-15-9-6-10-16(15,3)4/h5,7-8,15,17H,6,9-11H2,1-4H3. The maximum absolute atomic E-state index is 3.77. The van der Waals surface area contributed by atoms with E-state index in [2.05, 4.69) is 51.2 Å². The van der Waals surface area contributed by atoms with Crippen LogP contribution in [0.3, 0.4) is 0 Å². The van der Waals surface area contributed by atoms with Crippen molar-refractivity contribution < 1.29 is 0 Å². The van der Waals surface area contributed by atoms with Crippen LogP contribution in [0.1, 0.15) is 49.8 Å². The second-order valence-corrected chi connectivity index (χ2v) is 6.18. The first kappa shape index (κ1) is 12.6. The highest BCUT2D eigenvalue weighted by atomic mass is 14.9. The van der Waals surface area contributed by atoms with Gasteiger partial charge < -0.3 is 5.32 Å². The van der Waals surface area contributed by atoms with Crippen LogP contribution in [-0.4, -0.2) is 6.04 Å². The second kappa shape index (κ2) is 4.81. The van der Waals surface area contributed by atoms with Gasteiger partial charge in [-0.1, -0.05) is 38.5 Å². The summed E-state index contributed by atoms with van der Waals surface area (Å²) in [6, 6.07) is 7.25. The van der Waals surface area contributed by atoms with Crippen LogP contribution in [0.2, 0.25) is 0 Å². The van der Waals surface area contributed by atoms with Crippen molar-refractivity contribution in [3.8, 4) is 0 Å².